The monoisotopic (exact) mass is 365 g/mol. The van der Waals surface area contributed by atoms with E-state index in [1.165, 1.54) is 4.90 Å². The number of rotatable bonds is 2. The number of nitrogens with zero attached hydrogens (tertiary/aromatic N) is 2. The van der Waals surface area contributed by atoms with Crippen molar-refractivity contribution in [1.82, 2.24) is 15.1 Å². The van der Waals surface area contributed by atoms with Gasteiger partial charge < -0.3 is 10.0 Å². The van der Waals surface area contributed by atoms with Crippen molar-refractivity contribution in [2.45, 2.75) is 18.9 Å². The van der Waals surface area contributed by atoms with Crippen molar-refractivity contribution in [1.29, 1.82) is 0 Å². The summed E-state index contributed by atoms with van der Waals surface area (Å²) in [6.45, 7) is 0.458. The lowest BCUT2D eigenvalue weighted by molar-refractivity contribution is -0.141. The molecular weight excluding hydrogens is 358 g/mol. The van der Waals surface area contributed by atoms with E-state index in [2.05, 4.69) is 42.1 Å². The number of carbonyl (C=O) groups is 2. The summed E-state index contributed by atoms with van der Waals surface area (Å²) in [5, 5.41) is 15.5. The maximum absolute atomic E-state index is 12.2. The normalized spacial score (nSPS) is 19.6. The summed E-state index contributed by atoms with van der Waals surface area (Å²) in [5.74, 6) is -1.30. The predicted molar refractivity (Wildman–Crippen MR) is 65.7 cm³/mol. The molecule has 1 amide bonds. The Kier molecular flexibility index (Phi) is 3.53. The molecule has 1 saturated heterocycles. The summed E-state index contributed by atoms with van der Waals surface area (Å²) in [4.78, 5) is 24.6. The fourth-order valence-electron chi connectivity index (χ4n) is 1.89. The minimum Gasteiger partial charge on any atom is -0.480 e. The summed E-state index contributed by atoms with van der Waals surface area (Å²) in [6, 6.07) is -0.740. The maximum atomic E-state index is 12.2. The lowest BCUT2D eigenvalue weighted by Gasteiger charge is -2.21. The number of aromatic nitrogens is 2. The molecule has 2 heterocycles. The molecule has 8 heteroatoms. The molecule has 1 aliphatic rings. The predicted octanol–water partition coefficient (Wildman–Crippen LogP) is 1.62. The zero-order chi connectivity index (χ0) is 12.6. The average molecular weight is 367 g/mol. The number of likely N-dealkylation sites (tertiary alicyclic amines) is 1. The Bertz CT molecular complexity index is 455. The number of hydrogen-bond donors (Lipinski definition) is 2. The molecule has 1 aliphatic heterocycles. The van der Waals surface area contributed by atoms with E-state index in [0.717, 1.165) is 0 Å². The van der Waals surface area contributed by atoms with Crippen LogP contribution in [0.25, 0.3) is 0 Å². The third kappa shape index (κ3) is 2.23. The van der Waals surface area contributed by atoms with Gasteiger partial charge in [0.1, 0.15) is 20.8 Å². The highest BCUT2D eigenvalue weighted by molar-refractivity contribution is 9.11. The van der Waals surface area contributed by atoms with Gasteiger partial charge in [0, 0.05) is 6.54 Å². The maximum Gasteiger partial charge on any atom is 0.326 e. The Hall–Kier alpha value is -0.890. The zero-order valence-electron chi connectivity index (χ0n) is 8.61. The average Bonchev–Trinajstić information content (AvgIpc) is 2.85. The number of carboxylic acid groups (broad SMARTS) is 1. The molecule has 0 unspecified atom stereocenters. The van der Waals surface area contributed by atoms with Gasteiger partial charge in [-0.05, 0) is 44.7 Å². The number of hydrogen-bond acceptors (Lipinski definition) is 3. The van der Waals surface area contributed by atoms with E-state index in [9.17, 15) is 9.59 Å². The van der Waals surface area contributed by atoms with Crippen molar-refractivity contribution in [2.24, 2.45) is 0 Å². The summed E-state index contributed by atoms with van der Waals surface area (Å²) < 4.78 is 0.829. The van der Waals surface area contributed by atoms with E-state index < -0.39 is 12.0 Å². The minimum absolute atomic E-state index is 0.331. The van der Waals surface area contributed by atoms with Crippen LogP contribution in [0.1, 0.15) is 23.2 Å². The van der Waals surface area contributed by atoms with Gasteiger partial charge in [0.25, 0.3) is 5.91 Å². The minimum atomic E-state index is -0.966. The molecule has 0 spiro atoms. The number of halogens is 2. The molecule has 0 aromatic carbocycles. The summed E-state index contributed by atoms with van der Waals surface area (Å²) >= 11 is 6.33. The topological polar surface area (TPSA) is 86.3 Å². The Morgan fingerprint density at radius 1 is 1.47 bits per heavy atom. The van der Waals surface area contributed by atoms with Gasteiger partial charge >= 0.3 is 5.97 Å². The molecule has 2 rings (SSSR count). The zero-order valence-corrected chi connectivity index (χ0v) is 11.8. The molecule has 6 nitrogen and oxygen atoms in total. The van der Waals surface area contributed by atoms with Crippen molar-refractivity contribution < 1.29 is 14.7 Å². The van der Waals surface area contributed by atoms with Gasteiger partial charge in [-0.25, -0.2) is 4.79 Å². The molecule has 0 saturated carbocycles. The molecule has 1 aromatic heterocycles. The highest BCUT2D eigenvalue weighted by Gasteiger charge is 2.36. The van der Waals surface area contributed by atoms with Gasteiger partial charge in [-0.3, -0.25) is 9.89 Å². The number of amides is 1. The third-order valence-corrected chi connectivity index (χ3v) is 3.84. The quantitative estimate of drug-likeness (QED) is 0.832. The smallest absolute Gasteiger partial charge is 0.326 e. The molecule has 0 bridgehead atoms. The second-order valence-corrected chi connectivity index (χ2v) is 5.24. The molecule has 17 heavy (non-hydrogen) atoms. The molecule has 1 atom stereocenters. The van der Waals surface area contributed by atoms with E-state index in [-0.39, 0.29) is 5.91 Å². The lowest BCUT2D eigenvalue weighted by atomic mass is 10.2. The van der Waals surface area contributed by atoms with Crippen LogP contribution in [0.2, 0.25) is 0 Å². The van der Waals surface area contributed by atoms with Crippen LogP contribution >= 0.6 is 31.9 Å². The number of aromatic amines is 1. The van der Waals surface area contributed by atoms with E-state index in [1.54, 1.807) is 0 Å². The number of H-pyrrole nitrogens is 1. The van der Waals surface area contributed by atoms with Crippen molar-refractivity contribution in [3.8, 4) is 0 Å². The van der Waals surface area contributed by atoms with Crippen molar-refractivity contribution in [3.05, 3.63) is 14.8 Å². The van der Waals surface area contributed by atoms with Crippen LogP contribution in [0.5, 0.6) is 0 Å². The number of aliphatic carboxylic acids is 1. The second kappa shape index (κ2) is 4.77. The van der Waals surface area contributed by atoms with E-state index in [0.29, 0.717) is 34.2 Å². The Morgan fingerprint density at radius 2 is 2.18 bits per heavy atom. The van der Waals surface area contributed by atoms with Crippen molar-refractivity contribution in [2.75, 3.05) is 6.54 Å². The van der Waals surface area contributed by atoms with Crippen LogP contribution < -0.4 is 0 Å². The molecule has 0 radical (unpaired) electrons. The molecule has 92 valence electrons. The third-order valence-electron chi connectivity index (χ3n) is 2.69. The van der Waals surface area contributed by atoms with Crippen molar-refractivity contribution in [3.63, 3.8) is 0 Å². The highest BCUT2D eigenvalue weighted by Crippen LogP contribution is 2.27. The lowest BCUT2D eigenvalue weighted by Crippen LogP contribution is -2.40. The SMILES string of the molecule is O=C(O)[C@@H]1CCCN1C(=O)c1c(Br)n[nH]c1Br. The first-order valence-electron chi connectivity index (χ1n) is 4.95. The van der Waals surface area contributed by atoms with Crippen LogP contribution in [0.3, 0.4) is 0 Å². The highest BCUT2D eigenvalue weighted by atomic mass is 79.9. The summed E-state index contributed by atoms with van der Waals surface area (Å²) in [6.07, 6.45) is 1.20. The van der Waals surface area contributed by atoms with Gasteiger partial charge in [0.15, 0.2) is 0 Å². The Morgan fingerprint density at radius 3 is 2.71 bits per heavy atom. The van der Waals surface area contributed by atoms with Crippen LogP contribution in [-0.2, 0) is 4.79 Å². The van der Waals surface area contributed by atoms with Gasteiger partial charge in [0.2, 0.25) is 0 Å². The van der Waals surface area contributed by atoms with E-state index in [4.69, 9.17) is 5.11 Å². The van der Waals surface area contributed by atoms with Crippen LogP contribution in [0.15, 0.2) is 9.21 Å². The standard InChI is InChI=1S/C9H9Br2N3O3/c10-6-5(7(11)13-12-6)8(15)14-3-1-2-4(14)9(16)17/h4H,1-3H2,(H,12,13)(H,16,17)/t4-/m0/s1. The molecule has 2 N–H and O–H groups in total. The summed E-state index contributed by atoms with van der Waals surface area (Å²) in [7, 11) is 0. The number of carbonyl (C=O) groups excluding carboxylic acids is 1. The second-order valence-electron chi connectivity index (χ2n) is 3.70. The summed E-state index contributed by atoms with van der Waals surface area (Å²) in [5.41, 5.74) is 0.332. The van der Waals surface area contributed by atoms with Gasteiger partial charge in [0.05, 0.1) is 0 Å². The van der Waals surface area contributed by atoms with Gasteiger partial charge in [-0.15, -0.1) is 0 Å². The van der Waals surface area contributed by atoms with Crippen molar-refractivity contribution >= 4 is 43.7 Å². The first-order chi connectivity index (χ1) is 8.02. The molecule has 1 fully saturated rings. The van der Waals surface area contributed by atoms with Gasteiger partial charge in [-0.1, -0.05) is 0 Å². The fourth-order valence-corrected chi connectivity index (χ4v) is 3.06. The largest absolute Gasteiger partial charge is 0.480 e. The Labute approximate surface area is 114 Å². The first-order valence-corrected chi connectivity index (χ1v) is 6.54. The van der Waals surface area contributed by atoms with Crippen LogP contribution in [-0.4, -0.2) is 44.7 Å². The van der Waals surface area contributed by atoms with E-state index in [1.807, 2.05) is 0 Å². The number of nitrogens with one attached hydrogen (secondary N) is 1. The fraction of sp³-hybridized carbons (Fsp3) is 0.444. The van der Waals surface area contributed by atoms with E-state index >= 15 is 0 Å². The van der Waals surface area contributed by atoms with Crippen LogP contribution in [0.4, 0.5) is 0 Å². The first kappa shape index (κ1) is 12.6. The molecule has 1 aromatic rings. The number of carboxylic acids is 1. The molecular formula is C9H9Br2N3O3. The Balaban J connectivity index is 2.29. The van der Waals surface area contributed by atoms with Gasteiger partial charge in [-0.2, -0.15) is 5.10 Å². The molecule has 0 aliphatic carbocycles. The van der Waals surface area contributed by atoms with Crippen LogP contribution in [0, 0.1) is 0 Å².